The Morgan fingerprint density at radius 3 is 2.72 bits per heavy atom. The number of hydrogen-bond acceptors (Lipinski definition) is 4. The van der Waals surface area contributed by atoms with Gasteiger partial charge in [0, 0.05) is 10.5 Å². The quantitative estimate of drug-likeness (QED) is 0.664. The number of aromatic nitrogens is 2. The van der Waals surface area contributed by atoms with Crippen molar-refractivity contribution in [1.29, 1.82) is 0 Å². The van der Waals surface area contributed by atoms with E-state index in [1.165, 1.54) is 12.1 Å². The Labute approximate surface area is 109 Å². The molecule has 1 aromatic carbocycles. The van der Waals surface area contributed by atoms with Crippen LogP contribution in [0.4, 0.5) is 5.69 Å². The van der Waals surface area contributed by atoms with Crippen molar-refractivity contribution in [2.24, 2.45) is 5.73 Å². The van der Waals surface area contributed by atoms with Crippen LogP contribution in [0.25, 0.3) is 11.3 Å². The van der Waals surface area contributed by atoms with Gasteiger partial charge in [0.25, 0.3) is 11.6 Å². The highest BCUT2D eigenvalue weighted by Crippen LogP contribution is 2.31. The normalized spacial score (nSPS) is 10.3. The van der Waals surface area contributed by atoms with E-state index in [9.17, 15) is 14.9 Å². The summed E-state index contributed by atoms with van der Waals surface area (Å²) in [5, 5.41) is 17.2. The van der Waals surface area contributed by atoms with Gasteiger partial charge in [-0.1, -0.05) is 15.9 Å². The minimum absolute atomic E-state index is 0.0993. The van der Waals surface area contributed by atoms with Crippen LogP contribution in [-0.2, 0) is 0 Å². The highest BCUT2D eigenvalue weighted by molar-refractivity contribution is 9.10. The number of halogens is 1. The fourth-order valence-corrected chi connectivity index (χ4v) is 1.81. The second kappa shape index (κ2) is 4.57. The summed E-state index contributed by atoms with van der Waals surface area (Å²) in [6, 6.07) is 5.94. The summed E-state index contributed by atoms with van der Waals surface area (Å²) in [5.74, 6) is -0.673. The number of nitro groups is 1. The smallest absolute Gasteiger partial charge is 0.279 e. The van der Waals surface area contributed by atoms with Crippen molar-refractivity contribution in [3.63, 3.8) is 0 Å². The highest BCUT2D eigenvalue weighted by atomic mass is 79.9. The first-order valence-corrected chi connectivity index (χ1v) is 5.58. The lowest BCUT2D eigenvalue weighted by Gasteiger charge is -1.99. The Morgan fingerprint density at radius 2 is 2.17 bits per heavy atom. The second-order valence-electron chi connectivity index (χ2n) is 3.45. The van der Waals surface area contributed by atoms with Crippen LogP contribution in [0.15, 0.2) is 28.7 Å². The van der Waals surface area contributed by atoms with Gasteiger partial charge in [-0.15, -0.1) is 0 Å². The maximum atomic E-state index is 10.9. The molecule has 7 nitrogen and oxygen atoms in total. The van der Waals surface area contributed by atoms with Crippen LogP contribution >= 0.6 is 15.9 Å². The van der Waals surface area contributed by atoms with Crippen LogP contribution in [0.1, 0.15) is 10.5 Å². The Bertz CT molecular complexity index is 638. The Balaban J connectivity index is 2.55. The molecule has 0 atom stereocenters. The molecule has 8 heteroatoms. The zero-order chi connectivity index (χ0) is 13.3. The number of carbonyl (C=O) groups excluding carboxylic acids is 1. The summed E-state index contributed by atoms with van der Waals surface area (Å²) in [6.45, 7) is 0. The Kier molecular flexibility index (Phi) is 3.11. The fourth-order valence-electron chi connectivity index (χ4n) is 1.46. The average Bonchev–Trinajstić information content (AvgIpc) is 2.78. The molecule has 0 fully saturated rings. The molecular weight excluding hydrogens is 304 g/mol. The number of rotatable bonds is 3. The van der Waals surface area contributed by atoms with Crippen LogP contribution in [0.5, 0.6) is 0 Å². The van der Waals surface area contributed by atoms with Crippen LogP contribution in [0.2, 0.25) is 0 Å². The van der Waals surface area contributed by atoms with Gasteiger partial charge in [0.05, 0.1) is 16.2 Å². The van der Waals surface area contributed by atoms with Crippen molar-refractivity contribution in [3.8, 4) is 11.3 Å². The number of amides is 1. The lowest BCUT2D eigenvalue weighted by Crippen LogP contribution is -2.10. The number of nitrogens with two attached hydrogens (primary N) is 1. The third-order valence-electron chi connectivity index (χ3n) is 2.28. The van der Waals surface area contributed by atoms with Crippen LogP contribution < -0.4 is 5.73 Å². The summed E-state index contributed by atoms with van der Waals surface area (Å²) >= 11 is 3.16. The van der Waals surface area contributed by atoms with E-state index in [0.717, 1.165) is 0 Å². The molecule has 0 saturated heterocycles. The van der Waals surface area contributed by atoms with Gasteiger partial charge in [0.2, 0.25) is 0 Å². The zero-order valence-corrected chi connectivity index (χ0v) is 10.5. The van der Waals surface area contributed by atoms with E-state index < -0.39 is 10.8 Å². The number of aromatic amines is 1. The third-order valence-corrected chi connectivity index (χ3v) is 2.77. The molecule has 0 radical (unpaired) electrons. The number of primary amides is 1. The van der Waals surface area contributed by atoms with E-state index in [0.29, 0.717) is 15.7 Å². The summed E-state index contributed by atoms with van der Waals surface area (Å²) in [4.78, 5) is 21.4. The number of H-pyrrole nitrogens is 1. The van der Waals surface area contributed by atoms with E-state index >= 15 is 0 Å². The maximum absolute atomic E-state index is 10.9. The number of benzene rings is 1. The van der Waals surface area contributed by atoms with E-state index in [2.05, 4.69) is 26.1 Å². The molecule has 1 aromatic heterocycles. The number of hydrogen-bond donors (Lipinski definition) is 2. The van der Waals surface area contributed by atoms with Gasteiger partial charge in [0.1, 0.15) is 5.69 Å². The highest BCUT2D eigenvalue weighted by Gasteiger charge is 2.18. The van der Waals surface area contributed by atoms with Crippen molar-refractivity contribution in [1.82, 2.24) is 10.2 Å². The molecule has 18 heavy (non-hydrogen) atoms. The predicted octanol–water partition coefficient (Wildman–Crippen LogP) is 1.85. The van der Waals surface area contributed by atoms with Crippen LogP contribution in [0.3, 0.4) is 0 Å². The number of nitrogens with one attached hydrogen (secondary N) is 1. The molecule has 0 unspecified atom stereocenters. The van der Waals surface area contributed by atoms with Crippen molar-refractivity contribution < 1.29 is 9.72 Å². The summed E-state index contributed by atoms with van der Waals surface area (Å²) < 4.78 is 0.587. The molecule has 0 bridgehead atoms. The van der Waals surface area contributed by atoms with E-state index in [1.807, 2.05) is 0 Å². The second-order valence-corrected chi connectivity index (χ2v) is 4.37. The lowest BCUT2D eigenvalue weighted by molar-refractivity contribution is -0.384. The Hall–Kier alpha value is -2.22. The molecule has 2 aromatic rings. The molecule has 0 aliphatic carbocycles. The number of nitro benzene ring substituents is 1. The zero-order valence-electron chi connectivity index (χ0n) is 8.88. The monoisotopic (exact) mass is 310 g/mol. The topological polar surface area (TPSA) is 115 Å². The third kappa shape index (κ3) is 2.23. The molecule has 0 spiro atoms. The average molecular weight is 311 g/mol. The molecule has 2 rings (SSSR count). The standard InChI is InChI=1S/C10H7BrN4O3/c11-5-1-2-6(9(3-5)15(17)18)7-4-8(10(12)16)14-13-7/h1-4H,(H2,12,16)(H,13,14). The molecule has 1 amide bonds. The lowest BCUT2D eigenvalue weighted by atomic mass is 10.1. The van der Waals surface area contributed by atoms with Gasteiger partial charge < -0.3 is 5.73 Å². The van der Waals surface area contributed by atoms with Crippen LogP contribution in [0, 0.1) is 10.1 Å². The first-order valence-electron chi connectivity index (χ1n) is 4.78. The summed E-state index contributed by atoms with van der Waals surface area (Å²) in [5.41, 5.74) is 5.68. The number of nitrogens with zero attached hydrogens (tertiary/aromatic N) is 2. The van der Waals surface area contributed by atoms with Gasteiger partial charge in [-0.25, -0.2) is 0 Å². The molecule has 0 aliphatic heterocycles. The molecule has 3 N–H and O–H groups in total. The maximum Gasteiger partial charge on any atom is 0.279 e. The van der Waals surface area contributed by atoms with Gasteiger partial charge in [0.15, 0.2) is 0 Å². The Morgan fingerprint density at radius 1 is 1.44 bits per heavy atom. The van der Waals surface area contributed by atoms with E-state index in [4.69, 9.17) is 5.73 Å². The molecule has 1 heterocycles. The molecule has 92 valence electrons. The van der Waals surface area contributed by atoms with Crippen LogP contribution in [-0.4, -0.2) is 21.0 Å². The summed E-state index contributed by atoms with van der Waals surface area (Å²) in [7, 11) is 0. The SMILES string of the molecule is NC(=O)c1cc(-c2ccc(Br)cc2[N+](=O)[O-])n[nH]1. The minimum atomic E-state index is -0.673. The fraction of sp³-hybridized carbons (Fsp3) is 0. The first kappa shape index (κ1) is 12.2. The first-order chi connectivity index (χ1) is 8.49. The minimum Gasteiger partial charge on any atom is -0.364 e. The van der Waals surface area contributed by atoms with Gasteiger partial charge in [-0.05, 0) is 18.2 Å². The predicted molar refractivity (Wildman–Crippen MR) is 66.9 cm³/mol. The van der Waals surface area contributed by atoms with Crippen molar-refractivity contribution in [2.75, 3.05) is 0 Å². The van der Waals surface area contributed by atoms with Gasteiger partial charge in [-0.2, -0.15) is 5.10 Å². The molecular formula is C10H7BrN4O3. The number of carbonyl (C=O) groups is 1. The summed E-state index contributed by atoms with van der Waals surface area (Å²) in [6.07, 6.45) is 0. The van der Waals surface area contributed by atoms with Crippen molar-refractivity contribution in [2.45, 2.75) is 0 Å². The van der Waals surface area contributed by atoms with E-state index in [1.54, 1.807) is 12.1 Å². The van der Waals surface area contributed by atoms with Gasteiger partial charge in [-0.3, -0.25) is 20.0 Å². The molecule has 0 saturated carbocycles. The van der Waals surface area contributed by atoms with Gasteiger partial charge >= 0.3 is 0 Å². The molecule has 0 aliphatic rings. The van der Waals surface area contributed by atoms with Crippen molar-refractivity contribution >= 4 is 27.5 Å². The van der Waals surface area contributed by atoms with Crippen molar-refractivity contribution in [3.05, 3.63) is 44.5 Å². The largest absolute Gasteiger partial charge is 0.364 e. The van der Waals surface area contributed by atoms with E-state index in [-0.39, 0.29) is 11.4 Å².